The van der Waals surface area contributed by atoms with Gasteiger partial charge in [-0.1, -0.05) is 30.3 Å². The fraction of sp³-hybridized carbons (Fsp3) is 0.381. The van der Waals surface area contributed by atoms with Gasteiger partial charge in [-0.05, 0) is 24.5 Å². The number of thioether (sulfide) groups is 1. The SMILES string of the molecule is COc1ccccc1C1CNCCN1CCC(=O)Nc1ccccc1SC. The molecule has 1 fully saturated rings. The summed E-state index contributed by atoms with van der Waals surface area (Å²) in [5.74, 6) is 0.948. The summed E-state index contributed by atoms with van der Waals surface area (Å²) in [5, 5.41) is 6.51. The fourth-order valence-electron chi connectivity index (χ4n) is 3.47. The minimum Gasteiger partial charge on any atom is -0.496 e. The van der Waals surface area contributed by atoms with E-state index in [0.29, 0.717) is 6.42 Å². The molecule has 0 saturated carbocycles. The van der Waals surface area contributed by atoms with Gasteiger partial charge < -0.3 is 15.4 Å². The van der Waals surface area contributed by atoms with Gasteiger partial charge in [-0.2, -0.15) is 0 Å². The highest BCUT2D eigenvalue weighted by atomic mass is 32.2. The van der Waals surface area contributed by atoms with Crippen LogP contribution in [0.25, 0.3) is 0 Å². The number of hydrogen-bond acceptors (Lipinski definition) is 5. The second kappa shape index (κ2) is 9.78. The Morgan fingerprint density at radius 1 is 1.26 bits per heavy atom. The van der Waals surface area contributed by atoms with E-state index < -0.39 is 0 Å². The third kappa shape index (κ3) is 5.03. The number of methoxy groups -OCH3 is 1. The van der Waals surface area contributed by atoms with Crippen LogP contribution in [0, 0.1) is 0 Å². The molecule has 0 aromatic heterocycles. The van der Waals surface area contributed by atoms with E-state index in [2.05, 4.69) is 21.6 Å². The first-order valence-electron chi connectivity index (χ1n) is 9.23. The van der Waals surface area contributed by atoms with Gasteiger partial charge in [0.05, 0.1) is 18.8 Å². The van der Waals surface area contributed by atoms with Crippen LogP contribution in [-0.2, 0) is 4.79 Å². The van der Waals surface area contributed by atoms with Gasteiger partial charge in [-0.25, -0.2) is 0 Å². The van der Waals surface area contributed by atoms with Crippen LogP contribution in [0.5, 0.6) is 5.75 Å². The lowest BCUT2D eigenvalue weighted by Gasteiger charge is -2.37. The topological polar surface area (TPSA) is 53.6 Å². The Morgan fingerprint density at radius 3 is 2.85 bits per heavy atom. The Hall–Kier alpha value is -2.02. The third-order valence-electron chi connectivity index (χ3n) is 4.86. The van der Waals surface area contributed by atoms with Crippen LogP contribution in [-0.4, -0.2) is 50.4 Å². The number of nitrogens with zero attached hydrogens (tertiary/aromatic N) is 1. The second-order valence-electron chi connectivity index (χ2n) is 6.50. The van der Waals surface area contributed by atoms with Crippen molar-refractivity contribution in [3.05, 3.63) is 54.1 Å². The Labute approximate surface area is 165 Å². The molecule has 1 aliphatic heterocycles. The molecule has 1 aliphatic rings. The van der Waals surface area contributed by atoms with E-state index in [1.54, 1.807) is 18.9 Å². The first kappa shape index (κ1) is 19.7. The van der Waals surface area contributed by atoms with Crippen LogP contribution in [0.2, 0.25) is 0 Å². The van der Waals surface area contributed by atoms with Crippen molar-refractivity contribution in [2.45, 2.75) is 17.4 Å². The lowest BCUT2D eigenvalue weighted by Crippen LogP contribution is -2.46. The van der Waals surface area contributed by atoms with Gasteiger partial charge in [0.15, 0.2) is 0 Å². The number of para-hydroxylation sites is 2. The zero-order valence-electron chi connectivity index (χ0n) is 15.9. The average Bonchev–Trinajstić information content (AvgIpc) is 2.73. The van der Waals surface area contributed by atoms with Crippen molar-refractivity contribution in [2.24, 2.45) is 0 Å². The summed E-state index contributed by atoms with van der Waals surface area (Å²) in [7, 11) is 1.70. The van der Waals surface area contributed by atoms with E-state index in [-0.39, 0.29) is 11.9 Å². The van der Waals surface area contributed by atoms with Gasteiger partial charge in [0, 0.05) is 43.1 Å². The summed E-state index contributed by atoms with van der Waals surface area (Å²) in [5.41, 5.74) is 2.05. The normalized spacial score (nSPS) is 17.5. The molecule has 1 amide bonds. The maximum absolute atomic E-state index is 12.5. The van der Waals surface area contributed by atoms with Gasteiger partial charge in [0.2, 0.25) is 5.91 Å². The van der Waals surface area contributed by atoms with Crippen molar-refractivity contribution < 1.29 is 9.53 Å². The van der Waals surface area contributed by atoms with Gasteiger partial charge in [0.25, 0.3) is 0 Å². The minimum atomic E-state index is 0.0498. The predicted octanol–water partition coefficient (Wildman–Crippen LogP) is 3.39. The number of rotatable bonds is 7. The monoisotopic (exact) mass is 385 g/mol. The second-order valence-corrected chi connectivity index (χ2v) is 7.34. The number of ether oxygens (including phenoxy) is 1. The summed E-state index contributed by atoms with van der Waals surface area (Å²) in [4.78, 5) is 16.0. The third-order valence-corrected chi connectivity index (χ3v) is 5.66. The van der Waals surface area contributed by atoms with Crippen LogP contribution in [0.3, 0.4) is 0 Å². The van der Waals surface area contributed by atoms with E-state index in [1.807, 2.05) is 48.7 Å². The predicted molar refractivity (Wildman–Crippen MR) is 112 cm³/mol. The smallest absolute Gasteiger partial charge is 0.225 e. The van der Waals surface area contributed by atoms with Crippen LogP contribution in [0.1, 0.15) is 18.0 Å². The minimum absolute atomic E-state index is 0.0498. The average molecular weight is 386 g/mol. The molecule has 3 rings (SSSR count). The highest BCUT2D eigenvalue weighted by Gasteiger charge is 2.26. The summed E-state index contributed by atoms with van der Waals surface area (Å²) in [6, 6.07) is 16.2. The zero-order chi connectivity index (χ0) is 19.1. The highest BCUT2D eigenvalue weighted by Crippen LogP contribution is 2.30. The molecule has 0 aliphatic carbocycles. The summed E-state index contributed by atoms with van der Waals surface area (Å²) in [6.45, 7) is 3.43. The van der Waals surface area contributed by atoms with E-state index in [1.165, 1.54) is 5.56 Å². The standard InChI is InChI=1S/C21H27N3O2S/c1-26-19-9-5-3-7-16(19)18-15-22-12-14-24(18)13-11-21(25)23-17-8-4-6-10-20(17)27-2/h3-10,18,22H,11-15H2,1-2H3,(H,23,25). The molecule has 144 valence electrons. The van der Waals surface area contributed by atoms with Crippen LogP contribution >= 0.6 is 11.8 Å². The maximum Gasteiger partial charge on any atom is 0.225 e. The lowest BCUT2D eigenvalue weighted by molar-refractivity contribution is -0.116. The molecule has 6 heteroatoms. The quantitative estimate of drug-likeness (QED) is 0.716. The molecule has 5 nitrogen and oxygen atoms in total. The molecule has 1 saturated heterocycles. The molecule has 1 heterocycles. The molecule has 1 unspecified atom stereocenters. The summed E-state index contributed by atoms with van der Waals surface area (Å²) >= 11 is 1.64. The van der Waals surface area contributed by atoms with Crippen molar-refractivity contribution in [1.29, 1.82) is 0 Å². The zero-order valence-corrected chi connectivity index (χ0v) is 16.7. The highest BCUT2D eigenvalue weighted by molar-refractivity contribution is 7.98. The molecule has 0 radical (unpaired) electrons. The number of piperazine rings is 1. The van der Waals surface area contributed by atoms with Crippen LogP contribution in [0.4, 0.5) is 5.69 Å². The molecular formula is C21H27N3O2S. The molecule has 2 N–H and O–H groups in total. The molecule has 0 spiro atoms. The molecule has 2 aromatic rings. The Kier molecular flexibility index (Phi) is 7.15. The van der Waals surface area contributed by atoms with Crippen molar-refractivity contribution in [3.8, 4) is 5.75 Å². The van der Waals surface area contributed by atoms with Crippen LogP contribution < -0.4 is 15.4 Å². The van der Waals surface area contributed by atoms with Gasteiger partial charge in [-0.3, -0.25) is 9.69 Å². The van der Waals surface area contributed by atoms with Crippen LogP contribution in [0.15, 0.2) is 53.4 Å². The molecule has 27 heavy (non-hydrogen) atoms. The largest absolute Gasteiger partial charge is 0.496 e. The first-order valence-corrected chi connectivity index (χ1v) is 10.5. The number of carbonyl (C=O) groups excluding carboxylic acids is 1. The Morgan fingerprint density at radius 2 is 2.04 bits per heavy atom. The number of benzene rings is 2. The Balaban J connectivity index is 1.64. The van der Waals surface area contributed by atoms with Crippen molar-refractivity contribution in [1.82, 2.24) is 10.2 Å². The van der Waals surface area contributed by atoms with E-state index >= 15 is 0 Å². The molecule has 2 aromatic carbocycles. The van der Waals surface area contributed by atoms with E-state index in [4.69, 9.17) is 4.74 Å². The van der Waals surface area contributed by atoms with Crippen molar-refractivity contribution >= 4 is 23.4 Å². The van der Waals surface area contributed by atoms with E-state index in [9.17, 15) is 4.79 Å². The molecule has 1 atom stereocenters. The number of carbonyl (C=O) groups is 1. The summed E-state index contributed by atoms with van der Waals surface area (Å²) < 4.78 is 5.54. The van der Waals surface area contributed by atoms with Gasteiger partial charge in [-0.15, -0.1) is 11.8 Å². The lowest BCUT2D eigenvalue weighted by atomic mass is 10.0. The molecular weight excluding hydrogens is 358 g/mol. The van der Waals surface area contributed by atoms with E-state index in [0.717, 1.165) is 42.5 Å². The maximum atomic E-state index is 12.5. The number of hydrogen-bond donors (Lipinski definition) is 2. The number of amides is 1. The van der Waals surface area contributed by atoms with Gasteiger partial charge in [0.1, 0.15) is 5.75 Å². The molecule has 0 bridgehead atoms. The Bertz CT molecular complexity index is 769. The number of anilines is 1. The fourth-order valence-corrected chi connectivity index (χ4v) is 4.02. The summed E-state index contributed by atoms with van der Waals surface area (Å²) in [6.07, 6.45) is 2.48. The van der Waals surface area contributed by atoms with Gasteiger partial charge >= 0.3 is 0 Å². The first-order chi connectivity index (χ1) is 13.2. The number of nitrogens with one attached hydrogen (secondary N) is 2. The van der Waals surface area contributed by atoms with Crippen molar-refractivity contribution in [3.63, 3.8) is 0 Å². The van der Waals surface area contributed by atoms with Crippen molar-refractivity contribution in [2.75, 3.05) is 44.9 Å².